The maximum Gasteiger partial charge on any atom is 0.329 e. The Balaban J connectivity index is 1.46. The molecule has 1 saturated heterocycles. The number of aryl methyl sites for hydroxylation is 2. The molecule has 1 fully saturated rings. The fourth-order valence-electron chi connectivity index (χ4n) is 4.56. The zero-order valence-corrected chi connectivity index (χ0v) is 20.0. The highest BCUT2D eigenvalue weighted by molar-refractivity contribution is 6.30. The third kappa shape index (κ3) is 4.38. The molecule has 5 rings (SSSR count). The van der Waals surface area contributed by atoms with Gasteiger partial charge in [-0.25, -0.2) is 4.79 Å². The number of anilines is 1. The molecule has 2 aromatic carbocycles. The molecule has 176 valence electrons. The second-order valence-electron chi connectivity index (χ2n) is 8.87. The highest BCUT2D eigenvalue weighted by atomic mass is 35.5. The predicted octanol–water partition coefficient (Wildman–Crippen LogP) is 2.76. The van der Waals surface area contributed by atoms with Gasteiger partial charge in [0.25, 0.3) is 5.56 Å². The summed E-state index contributed by atoms with van der Waals surface area (Å²) in [4.78, 5) is 36.9. The van der Waals surface area contributed by atoms with Gasteiger partial charge in [0.05, 0.1) is 6.54 Å². The van der Waals surface area contributed by atoms with Gasteiger partial charge in [0.1, 0.15) is 0 Å². The van der Waals surface area contributed by atoms with Crippen molar-refractivity contribution in [1.29, 1.82) is 0 Å². The third-order valence-electron chi connectivity index (χ3n) is 6.38. The number of nitrogens with zero attached hydrogens (tertiary/aromatic N) is 5. The summed E-state index contributed by atoms with van der Waals surface area (Å²) in [6.45, 7) is 6.69. The summed E-state index contributed by atoms with van der Waals surface area (Å²) in [5, 5.41) is 0.741. The molecule has 0 unspecified atom stereocenters. The van der Waals surface area contributed by atoms with Gasteiger partial charge in [-0.2, -0.15) is 4.98 Å². The van der Waals surface area contributed by atoms with Crippen molar-refractivity contribution in [3.05, 3.63) is 91.1 Å². The van der Waals surface area contributed by atoms with Crippen LogP contribution >= 0.6 is 11.6 Å². The first-order valence-corrected chi connectivity index (χ1v) is 11.7. The Hall–Kier alpha value is -3.36. The number of fused-ring (bicyclic) bond motifs is 1. The summed E-state index contributed by atoms with van der Waals surface area (Å²) in [7, 11) is 1.64. The van der Waals surface area contributed by atoms with Crippen LogP contribution in [0.2, 0.25) is 5.02 Å². The van der Waals surface area contributed by atoms with E-state index in [9.17, 15) is 9.59 Å². The number of nitrogens with one attached hydrogen (secondary N) is 1. The lowest BCUT2D eigenvalue weighted by atomic mass is 10.1. The van der Waals surface area contributed by atoms with E-state index in [1.54, 1.807) is 7.05 Å². The molecule has 8 nitrogen and oxygen atoms in total. The van der Waals surface area contributed by atoms with E-state index < -0.39 is 11.2 Å². The molecular weight excluding hydrogens is 452 g/mol. The van der Waals surface area contributed by atoms with Crippen molar-refractivity contribution in [3.8, 4) is 0 Å². The first-order chi connectivity index (χ1) is 16.4. The highest BCUT2D eigenvalue weighted by Gasteiger charge is 2.25. The number of aromatic nitrogens is 4. The molecule has 3 heterocycles. The Morgan fingerprint density at radius 2 is 1.71 bits per heavy atom. The van der Waals surface area contributed by atoms with Crippen molar-refractivity contribution in [2.24, 2.45) is 7.05 Å². The summed E-state index contributed by atoms with van der Waals surface area (Å²) in [6, 6.07) is 16.2. The number of H-pyrrole nitrogens is 1. The van der Waals surface area contributed by atoms with E-state index in [0.717, 1.165) is 48.9 Å². The number of imidazole rings is 1. The van der Waals surface area contributed by atoms with Crippen molar-refractivity contribution < 1.29 is 0 Å². The van der Waals surface area contributed by atoms with Gasteiger partial charge in [-0.05, 0) is 30.2 Å². The Morgan fingerprint density at radius 1 is 0.971 bits per heavy atom. The molecule has 34 heavy (non-hydrogen) atoms. The molecule has 0 atom stereocenters. The van der Waals surface area contributed by atoms with E-state index in [1.165, 1.54) is 10.1 Å². The van der Waals surface area contributed by atoms with Crippen molar-refractivity contribution >= 4 is 28.7 Å². The molecule has 1 aliphatic rings. The first kappa shape index (κ1) is 22.4. The Morgan fingerprint density at radius 3 is 2.41 bits per heavy atom. The Kier molecular flexibility index (Phi) is 6.02. The van der Waals surface area contributed by atoms with Crippen molar-refractivity contribution in [1.82, 2.24) is 24.0 Å². The molecule has 9 heteroatoms. The van der Waals surface area contributed by atoms with Gasteiger partial charge < -0.3 is 4.90 Å². The summed E-state index contributed by atoms with van der Waals surface area (Å²) < 4.78 is 3.35. The fourth-order valence-corrected chi connectivity index (χ4v) is 4.69. The number of benzene rings is 2. The van der Waals surface area contributed by atoms with Crippen LogP contribution in [0.4, 0.5) is 5.95 Å². The number of piperazine rings is 1. The van der Waals surface area contributed by atoms with Crippen LogP contribution in [0.15, 0.2) is 58.1 Å². The maximum atomic E-state index is 12.8. The van der Waals surface area contributed by atoms with Gasteiger partial charge in [-0.3, -0.25) is 23.8 Å². The third-order valence-corrected chi connectivity index (χ3v) is 6.64. The summed E-state index contributed by atoms with van der Waals surface area (Å²) in [5.41, 5.74) is 3.41. The molecule has 4 aromatic rings. The largest absolute Gasteiger partial charge is 0.340 e. The quantitative estimate of drug-likeness (QED) is 0.477. The highest BCUT2D eigenvalue weighted by Crippen LogP contribution is 2.23. The van der Waals surface area contributed by atoms with E-state index in [0.29, 0.717) is 23.7 Å². The van der Waals surface area contributed by atoms with Crippen molar-refractivity contribution in [2.75, 3.05) is 31.1 Å². The average molecular weight is 479 g/mol. The van der Waals surface area contributed by atoms with Crippen LogP contribution in [0.25, 0.3) is 11.2 Å². The molecule has 0 aliphatic carbocycles. The monoisotopic (exact) mass is 478 g/mol. The molecule has 0 amide bonds. The smallest absolute Gasteiger partial charge is 0.329 e. The first-order valence-electron chi connectivity index (χ1n) is 11.4. The summed E-state index contributed by atoms with van der Waals surface area (Å²) >= 11 is 6.01. The fraction of sp³-hybridized carbons (Fsp3) is 0.320. The SMILES string of the molecule is Cc1cccc(Cn2c(N3CCN(Cc4ccc(Cl)cc4)CC3)nc3c2c(=O)[nH]c(=O)n3C)c1. The molecule has 0 bridgehead atoms. The van der Waals surface area contributed by atoms with Crippen molar-refractivity contribution in [2.45, 2.75) is 20.0 Å². The van der Waals surface area contributed by atoms with E-state index >= 15 is 0 Å². The van der Waals surface area contributed by atoms with Gasteiger partial charge in [0.15, 0.2) is 11.2 Å². The molecule has 0 radical (unpaired) electrons. The lowest BCUT2D eigenvalue weighted by molar-refractivity contribution is 0.248. The van der Waals surface area contributed by atoms with E-state index in [-0.39, 0.29) is 0 Å². The minimum absolute atomic E-state index is 0.403. The van der Waals surface area contributed by atoms with Gasteiger partial charge in [0, 0.05) is 44.8 Å². The summed E-state index contributed by atoms with van der Waals surface area (Å²) in [6.07, 6.45) is 0. The maximum absolute atomic E-state index is 12.8. The molecule has 1 N–H and O–H groups in total. The van der Waals surface area contributed by atoms with Crippen LogP contribution in [0.1, 0.15) is 16.7 Å². The van der Waals surface area contributed by atoms with Crippen LogP contribution in [-0.4, -0.2) is 50.2 Å². The van der Waals surface area contributed by atoms with Gasteiger partial charge in [-0.15, -0.1) is 0 Å². The number of halogens is 1. The van der Waals surface area contributed by atoms with Crippen LogP contribution in [0.3, 0.4) is 0 Å². The number of hydrogen-bond donors (Lipinski definition) is 1. The standard InChI is InChI=1S/C25H27ClN6O2/c1-17-4-3-5-19(14-17)16-32-21-22(29(2)25(34)28-23(21)33)27-24(32)31-12-10-30(11-13-31)15-18-6-8-20(26)9-7-18/h3-9,14H,10-13,15-16H2,1-2H3,(H,28,33,34). The van der Waals surface area contributed by atoms with Crippen LogP contribution in [0.5, 0.6) is 0 Å². The van der Waals surface area contributed by atoms with Crippen LogP contribution < -0.4 is 16.1 Å². The molecule has 0 spiro atoms. The minimum Gasteiger partial charge on any atom is -0.340 e. The second-order valence-corrected chi connectivity index (χ2v) is 9.30. The second kappa shape index (κ2) is 9.12. The van der Waals surface area contributed by atoms with Crippen molar-refractivity contribution in [3.63, 3.8) is 0 Å². The number of hydrogen-bond acceptors (Lipinski definition) is 5. The minimum atomic E-state index is -0.461. The zero-order valence-electron chi connectivity index (χ0n) is 19.3. The Bertz CT molecular complexity index is 1450. The Labute approximate surface area is 202 Å². The number of aromatic amines is 1. The molecular formula is C25H27ClN6O2. The van der Waals surface area contributed by atoms with Crippen LogP contribution in [0, 0.1) is 6.92 Å². The van der Waals surface area contributed by atoms with E-state index in [2.05, 4.69) is 33.0 Å². The van der Waals surface area contributed by atoms with E-state index in [4.69, 9.17) is 16.6 Å². The zero-order chi connectivity index (χ0) is 23.8. The lowest BCUT2D eigenvalue weighted by Gasteiger charge is -2.35. The molecule has 0 saturated carbocycles. The normalized spacial score (nSPS) is 14.7. The predicted molar refractivity (Wildman–Crippen MR) is 135 cm³/mol. The van der Waals surface area contributed by atoms with Gasteiger partial charge in [0.2, 0.25) is 5.95 Å². The molecule has 2 aromatic heterocycles. The summed E-state index contributed by atoms with van der Waals surface area (Å²) in [5.74, 6) is 0.717. The van der Waals surface area contributed by atoms with Gasteiger partial charge in [-0.1, -0.05) is 53.6 Å². The molecule has 1 aliphatic heterocycles. The van der Waals surface area contributed by atoms with Crippen LogP contribution in [-0.2, 0) is 20.1 Å². The van der Waals surface area contributed by atoms with Gasteiger partial charge >= 0.3 is 5.69 Å². The number of rotatable bonds is 5. The topological polar surface area (TPSA) is 79.2 Å². The van der Waals surface area contributed by atoms with E-state index in [1.807, 2.05) is 41.8 Å². The average Bonchev–Trinajstić information content (AvgIpc) is 3.19. The lowest BCUT2D eigenvalue weighted by Crippen LogP contribution is -2.46.